The highest BCUT2D eigenvalue weighted by Gasteiger charge is 2.23. The van der Waals surface area contributed by atoms with Crippen LogP contribution in [0.25, 0.3) is 11.6 Å². The number of hydrogen-bond acceptors (Lipinski definition) is 3. The first-order chi connectivity index (χ1) is 13.7. The number of benzene rings is 3. The summed E-state index contributed by atoms with van der Waals surface area (Å²) in [5, 5.41) is 3.55. The fraction of sp³-hybridized carbons (Fsp3) is 0.0870. The Morgan fingerprint density at radius 1 is 0.821 bits per heavy atom. The molecule has 1 aliphatic rings. The summed E-state index contributed by atoms with van der Waals surface area (Å²) in [6, 6.07) is 22.5. The number of carbonyl (C=O) groups is 1. The van der Waals surface area contributed by atoms with Crippen LogP contribution >= 0.6 is 11.6 Å². The van der Waals surface area contributed by atoms with E-state index in [4.69, 9.17) is 21.1 Å². The molecule has 3 aromatic carbocycles. The van der Waals surface area contributed by atoms with Crippen LogP contribution in [0.15, 0.2) is 72.8 Å². The molecule has 140 valence electrons. The van der Waals surface area contributed by atoms with E-state index >= 15 is 0 Å². The summed E-state index contributed by atoms with van der Waals surface area (Å²) >= 11 is 5.85. The van der Waals surface area contributed by atoms with Gasteiger partial charge < -0.3 is 14.8 Å². The average molecular weight is 392 g/mol. The quantitative estimate of drug-likeness (QED) is 0.458. The molecule has 0 fully saturated rings. The molecule has 1 amide bonds. The molecule has 0 saturated heterocycles. The summed E-state index contributed by atoms with van der Waals surface area (Å²) < 4.78 is 11.3. The number of rotatable bonds is 6. The topological polar surface area (TPSA) is 47.6 Å². The molecule has 0 saturated carbocycles. The lowest BCUT2D eigenvalue weighted by atomic mass is 10.0. The fourth-order valence-corrected chi connectivity index (χ4v) is 3.09. The van der Waals surface area contributed by atoms with Gasteiger partial charge in [-0.3, -0.25) is 4.79 Å². The molecule has 4 nitrogen and oxygen atoms in total. The van der Waals surface area contributed by atoms with Gasteiger partial charge in [0, 0.05) is 21.8 Å². The number of amides is 1. The predicted molar refractivity (Wildman–Crippen MR) is 112 cm³/mol. The monoisotopic (exact) mass is 391 g/mol. The van der Waals surface area contributed by atoms with Crippen LogP contribution in [0.2, 0.25) is 5.02 Å². The van der Waals surface area contributed by atoms with Gasteiger partial charge in [0.05, 0.1) is 0 Å². The molecule has 28 heavy (non-hydrogen) atoms. The molecule has 1 heterocycles. The lowest BCUT2D eigenvalue weighted by molar-refractivity contribution is -0.110. The second-order valence-corrected chi connectivity index (χ2v) is 6.71. The van der Waals surface area contributed by atoms with E-state index in [1.165, 1.54) is 0 Å². The van der Waals surface area contributed by atoms with Crippen LogP contribution in [0.5, 0.6) is 11.5 Å². The molecule has 0 atom stereocenters. The maximum Gasteiger partial charge on any atom is 0.256 e. The van der Waals surface area contributed by atoms with Gasteiger partial charge in [-0.25, -0.2) is 0 Å². The van der Waals surface area contributed by atoms with Crippen LogP contribution < -0.4 is 14.8 Å². The van der Waals surface area contributed by atoms with Crippen molar-refractivity contribution in [2.24, 2.45) is 0 Å². The first-order valence-electron chi connectivity index (χ1n) is 8.93. The van der Waals surface area contributed by atoms with Gasteiger partial charge in [0.2, 0.25) is 0 Å². The number of ether oxygens (including phenoxy) is 2. The summed E-state index contributed by atoms with van der Waals surface area (Å²) in [6.07, 6.45) is 1.88. The standard InChI is InChI=1S/C23H18ClNO3/c24-17-7-11-19(12-8-17)28-14-13-27-18-9-5-16(6-10-18)15-21-20-3-1-2-4-22(20)25-23(21)26/h1-12,15H,13-14H2,(H,25,26)/b21-15+. The Morgan fingerprint density at radius 2 is 1.43 bits per heavy atom. The number of fused-ring (bicyclic) bond motifs is 1. The van der Waals surface area contributed by atoms with Gasteiger partial charge in [0.25, 0.3) is 5.91 Å². The highest BCUT2D eigenvalue weighted by atomic mass is 35.5. The minimum atomic E-state index is -0.0825. The van der Waals surface area contributed by atoms with E-state index in [0.717, 1.165) is 28.3 Å². The summed E-state index contributed by atoms with van der Waals surface area (Å²) in [6.45, 7) is 0.864. The van der Waals surface area contributed by atoms with Crippen molar-refractivity contribution < 1.29 is 14.3 Å². The molecule has 0 bridgehead atoms. The second-order valence-electron chi connectivity index (χ2n) is 6.28. The lowest BCUT2D eigenvalue weighted by Crippen LogP contribution is -2.08. The molecule has 4 rings (SSSR count). The second kappa shape index (κ2) is 8.19. The number of anilines is 1. The minimum absolute atomic E-state index is 0.0825. The van der Waals surface area contributed by atoms with Gasteiger partial charge in [-0.1, -0.05) is 41.9 Å². The summed E-state index contributed by atoms with van der Waals surface area (Å²) in [4.78, 5) is 12.2. The zero-order valence-corrected chi connectivity index (χ0v) is 15.8. The Kier molecular flexibility index (Phi) is 5.31. The van der Waals surface area contributed by atoms with E-state index < -0.39 is 0 Å². The van der Waals surface area contributed by atoms with Gasteiger partial charge in [-0.2, -0.15) is 0 Å². The molecule has 0 spiro atoms. The molecule has 0 unspecified atom stereocenters. The van der Waals surface area contributed by atoms with E-state index in [1.807, 2.05) is 66.7 Å². The van der Waals surface area contributed by atoms with Gasteiger partial charge in [0.15, 0.2) is 0 Å². The molecule has 1 N–H and O–H groups in total. The third-order valence-electron chi connectivity index (χ3n) is 4.34. The van der Waals surface area contributed by atoms with Crippen molar-refractivity contribution in [3.05, 3.63) is 88.9 Å². The first kappa shape index (κ1) is 18.1. The van der Waals surface area contributed by atoms with Crippen molar-refractivity contribution >= 4 is 34.8 Å². The molecular weight excluding hydrogens is 374 g/mol. The van der Waals surface area contributed by atoms with E-state index in [2.05, 4.69) is 5.32 Å². The summed E-state index contributed by atoms with van der Waals surface area (Å²) in [5.74, 6) is 1.42. The maximum atomic E-state index is 12.2. The third kappa shape index (κ3) is 4.18. The van der Waals surface area contributed by atoms with Gasteiger partial charge in [-0.05, 0) is 54.1 Å². The largest absolute Gasteiger partial charge is 0.490 e. The fourth-order valence-electron chi connectivity index (χ4n) is 2.96. The number of nitrogens with one attached hydrogen (secondary N) is 1. The Balaban J connectivity index is 1.34. The Hall–Kier alpha value is -3.24. The molecule has 1 aliphatic heterocycles. The Labute approximate surface area is 168 Å². The predicted octanol–water partition coefficient (Wildman–Crippen LogP) is 5.29. The molecule has 0 aromatic heterocycles. The van der Waals surface area contributed by atoms with Crippen LogP contribution in [0, 0.1) is 0 Å². The van der Waals surface area contributed by atoms with Crippen molar-refractivity contribution in [2.45, 2.75) is 0 Å². The summed E-state index contributed by atoms with van der Waals surface area (Å²) in [5.41, 5.74) is 3.37. The molecular formula is C23H18ClNO3. The van der Waals surface area contributed by atoms with E-state index in [9.17, 15) is 4.79 Å². The van der Waals surface area contributed by atoms with Crippen LogP contribution in [-0.4, -0.2) is 19.1 Å². The molecule has 3 aromatic rings. The van der Waals surface area contributed by atoms with Crippen LogP contribution in [0.3, 0.4) is 0 Å². The SMILES string of the molecule is O=C1Nc2ccccc2/C1=C\c1ccc(OCCOc2ccc(Cl)cc2)cc1. The number of para-hydroxylation sites is 1. The van der Waals surface area contributed by atoms with Gasteiger partial charge >= 0.3 is 0 Å². The number of halogens is 1. The zero-order chi connectivity index (χ0) is 19.3. The highest BCUT2D eigenvalue weighted by molar-refractivity contribution is 6.34. The summed E-state index contributed by atoms with van der Waals surface area (Å²) in [7, 11) is 0. The zero-order valence-electron chi connectivity index (χ0n) is 15.0. The van der Waals surface area contributed by atoms with Gasteiger partial charge in [-0.15, -0.1) is 0 Å². The average Bonchev–Trinajstić information content (AvgIpc) is 3.03. The minimum Gasteiger partial charge on any atom is -0.490 e. The van der Waals surface area contributed by atoms with Crippen LogP contribution in [-0.2, 0) is 4.79 Å². The number of hydrogen-bond donors (Lipinski definition) is 1. The van der Waals surface area contributed by atoms with Crippen molar-refractivity contribution in [2.75, 3.05) is 18.5 Å². The van der Waals surface area contributed by atoms with E-state index in [1.54, 1.807) is 12.1 Å². The first-order valence-corrected chi connectivity index (χ1v) is 9.30. The normalized spacial score (nSPS) is 13.9. The van der Waals surface area contributed by atoms with E-state index in [0.29, 0.717) is 23.8 Å². The van der Waals surface area contributed by atoms with Crippen LogP contribution in [0.4, 0.5) is 5.69 Å². The van der Waals surface area contributed by atoms with Crippen LogP contribution in [0.1, 0.15) is 11.1 Å². The Bertz CT molecular complexity index is 1010. The van der Waals surface area contributed by atoms with E-state index in [-0.39, 0.29) is 5.91 Å². The Morgan fingerprint density at radius 3 is 2.11 bits per heavy atom. The van der Waals surface area contributed by atoms with Crippen molar-refractivity contribution in [1.29, 1.82) is 0 Å². The highest BCUT2D eigenvalue weighted by Crippen LogP contribution is 2.32. The number of carbonyl (C=O) groups excluding carboxylic acids is 1. The maximum absolute atomic E-state index is 12.2. The smallest absolute Gasteiger partial charge is 0.256 e. The van der Waals surface area contributed by atoms with Crippen molar-refractivity contribution in [3.8, 4) is 11.5 Å². The molecule has 0 aliphatic carbocycles. The molecule has 5 heteroatoms. The molecule has 0 radical (unpaired) electrons. The third-order valence-corrected chi connectivity index (χ3v) is 4.59. The van der Waals surface area contributed by atoms with Gasteiger partial charge in [0.1, 0.15) is 24.7 Å². The lowest BCUT2D eigenvalue weighted by Gasteiger charge is -2.08. The van der Waals surface area contributed by atoms with Crippen molar-refractivity contribution in [1.82, 2.24) is 0 Å². The van der Waals surface area contributed by atoms with Crippen molar-refractivity contribution in [3.63, 3.8) is 0 Å².